The molecule has 1 amide bonds. The number of hydrogen-bond donors (Lipinski definition) is 0. The van der Waals surface area contributed by atoms with E-state index in [1.807, 2.05) is 42.7 Å². The van der Waals surface area contributed by atoms with Gasteiger partial charge in [-0.15, -0.1) is 11.3 Å². The molecule has 128 valence electrons. The summed E-state index contributed by atoms with van der Waals surface area (Å²) in [4.78, 5) is 18.6. The first-order valence-corrected chi connectivity index (χ1v) is 9.38. The summed E-state index contributed by atoms with van der Waals surface area (Å²) < 4.78 is 2.04. The molecular weight excluding hydrogens is 375 g/mol. The number of amides is 1. The number of thiazole rings is 1. The van der Waals surface area contributed by atoms with Crippen molar-refractivity contribution in [2.24, 2.45) is 4.99 Å². The van der Waals surface area contributed by atoms with Crippen LogP contribution in [0.15, 0.2) is 53.5 Å². The zero-order valence-electron chi connectivity index (χ0n) is 13.8. The van der Waals surface area contributed by atoms with E-state index < -0.39 is 0 Å². The van der Waals surface area contributed by atoms with Gasteiger partial charge in [-0.25, -0.2) is 0 Å². The van der Waals surface area contributed by atoms with Gasteiger partial charge in [0.2, 0.25) is 0 Å². The van der Waals surface area contributed by atoms with E-state index in [0.717, 1.165) is 16.1 Å². The Labute approximate surface area is 160 Å². The van der Waals surface area contributed by atoms with Crippen LogP contribution in [-0.2, 0) is 6.54 Å². The van der Waals surface area contributed by atoms with Gasteiger partial charge in [0.25, 0.3) is 5.91 Å². The smallest absolute Gasteiger partial charge is 0.281 e. The highest BCUT2D eigenvalue weighted by atomic mass is 35.5. The molecule has 0 N–H and O–H groups in total. The van der Waals surface area contributed by atoms with Crippen molar-refractivity contribution in [2.45, 2.75) is 20.4 Å². The minimum atomic E-state index is -0.336. The SMILES string of the molecule is CCn1c(-c2ccc(Cl)cc2)c(C)sc1=NC(=O)c1ccccc1Cl. The lowest BCUT2D eigenvalue weighted by molar-refractivity contribution is 0.0998. The molecule has 1 aromatic heterocycles. The molecule has 0 saturated carbocycles. The highest BCUT2D eigenvalue weighted by Gasteiger charge is 2.14. The van der Waals surface area contributed by atoms with E-state index in [2.05, 4.69) is 4.99 Å². The van der Waals surface area contributed by atoms with Gasteiger partial charge < -0.3 is 4.57 Å². The average Bonchev–Trinajstić information content (AvgIpc) is 2.91. The molecule has 0 aliphatic rings. The molecule has 0 bridgehead atoms. The summed E-state index contributed by atoms with van der Waals surface area (Å²) in [5.41, 5.74) is 2.51. The lowest BCUT2D eigenvalue weighted by Crippen LogP contribution is -2.17. The lowest BCUT2D eigenvalue weighted by atomic mass is 10.1. The van der Waals surface area contributed by atoms with E-state index in [0.29, 0.717) is 27.0 Å². The molecule has 3 aromatic rings. The van der Waals surface area contributed by atoms with E-state index in [-0.39, 0.29) is 5.91 Å². The van der Waals surface area contributed by atoms with Crippen LogP contribution in [0.2, 0.25) is 10.0 Å². The molecule has 0 atom stereocenters. The van der Waals surface area contributed by atoms with Crippen LogP contribution in [0.1, 0.15) is 22.2 Å². The van der Waals surface area contributed by atoms with Gasteiger partial charge in [0.1, 0.15) is 0 Å². The Morgan fingerprint density at radius 3 is 2.44 bits per heavy atom. The number of halogens is 2. The van der Waals surface area contributed by atoms with Crippen LogP contribution >= 0.6 is 34.5 Å². The third-order valence-electron chi connectivity index (χ3n) is 3.81. The molecule has 0 fully saturated rings. The molecule has 0 saturated heterocycles. The van der Waals surface area contributed by atoms with Crippen LogP contribution in [0, 0.1) is 6.92 Å². The van der Waals surface area contributed by atoms with Crippen molar-refractivity contribution in [1.82, 2.24) is 4.57 Å². The molecule has 0 unspecified atom stereocenters. The van der Waals surface area contributed by atoms with E-state index in [1.54, 1.807) is 24.3 Å². The molecule has 2 aromatic carbocycles. The Kier molecular flexibility index (Phi) is 5.42. The van der Waals surface area contributed by atoms with E-state index in [4.69, 9.17) is 23.2 Å². The second-order valence-corrected chi connectivity index (χ2v) is 7.46. The number of benzene rings is 2. The van der Waals surface area contributed by atoms with Gasteiger partial charge >= 0.3 is 0 Å². The topological polar surface area (TPSA) is 34.4 Å². The van der Waals surface area contributed by atoms with Crippen LogP contribution < -0.4 is 4.80 Å². The van der Waals surface area contributed by atoms with Gasteiger partial charge in [-0.1, -0.05) is 47.5 Å². The molecule has 6 heteroatoms. The molecule has 0 radical (unpaired) electrons. The summed E-state index contributed by atoms with van der Waals surface area (Å²) in [6.07, 6.45) is 0. The highest BCUT2D eigenvalue weighted by Crippen LogP contribution is 2.26. The summed E-state index contributed by atoms with van der Waals surface area (Å²) in [7, 11) is 0. The number of nitrogens with zero attached hydrogens (tertiary/aromatic N) is 2. The number of aromatic nitrogens is 1. The van der Waals surface area contributed by atoms with Crippen molar-refractivity contribution in [3.8, 4) is 11.3 Å². The lowest BCUT2D eigenvalue weighted by Gasteiger charge is -2.07. The normalized spacial score (nSPS) is 11.8. The second kappa shape index (κ2) is 7.56. The monoisotopic (exact) mass is 390 g/mol. The first kappa shape index (κ1) is 17.9. The largest absolute Gasteiger partial charge is 0.316 e. The van der Waals surface area contributed by atoms with Crippen LogP contribution in [0.3, 0.4) is 0 Å². The first-order valence-electron chi connectivity index (χ1n) is 7.81. The maximum Gasteiger partial charge on any atom is 0.281 e. The van der Waals surface area contributed by atoms with E-state index in [9.17, 15) is 4.79 Å². The molecular formula is C19H16Cl2N2OS. The van der Waals surface area contributed by atoms with E-state index >= 15 is 0 Å². The van der Waals surface area contributed by atoms with Gasteiger partial charge in [-0.2, -0.15) is 4.99 Å². The summed E-state index contributed by atoms with van der Waals surface area (Å²) in [6, 6.07) is 14.6. The molecule has 1 heterocycles. The van der Waals surface area contributed by atoms with E-state index in [1.165, 1.54) is 11.3 Å². The van der Waals surface area contributed by atoms with Crippen molar-refractivity contribution < 1.29 is 4.79 Å². The predicted molar refractivity (Wildman–Crippen MR) is 105 cm³/mol. The first-order chi connectivity index (χ1) is 12.0. The number of rotatable bonds is 3. The molecule has 0 aliphatic heterocycles. The van der Waals surface area contributed by atoms with Crippen molar-refractivity contribution >= 4 is 40.4 Å². The Balaban J connectivity index is 2.12. The number of carbonyl (C=O) groups excluding carboxylic acids is 1. The van der Waals surface area contributed by atoms with Crippen LogP contribution in [0.5, 0.6) is 0 Å². The van der Waals surface area contributed by atoms with Gasteiger partial charge in [0, 0.05) is 16.4 Å². The fourth-order valence-electron chi connectivity index (χ4n) is 2.65. The minimum absolute atomic E-state index is 0.336. The highest BCUT2D eigenvalue weighted by molar-refractivity contribution is 7.09. The standard InChI is InChI=1S/C19H16Cl2N2OS/c1-3-23-17(13-8-10-14(20)11-9-13)12(2)25-19(23)22-18(24)15-6-4-5-7-16(15)21/h4-11H,3H2,1-2H3. The Hall–Kier alpha value is -1.88. The summed E-state index contributed by atoms with van der Waals surface area (Å²) in [5, 5.41) is 1.10. The molecule has 3 nitrogen and oxygen atoms in total. The predicted octanol–water partition coefficient (Wildman–Crippen LogP) is 5.59. The van der Waals surface area contributed by atoms with Crippen LogP contribution in [0.4, 0.5) is 0 Å². The molecule has 3 rings (SSSR count). The summed E-state index contributed by atoms with van der Waals surface area (Å²) >= 11 is 13.6. The maximum absolute atomic E-state index is 12.5. The third kappa shape index (κ3) is 3.71. The zero-order valence-corrected chi connectivity index (χ0v) is 16.1. The fraction of sp³-hybridized carbons (Fsp3) is 0.158. The molecule has 0 aliphatic carbocycles. The van der Waals surface area contributed by atoms with Crippen molar-refractivity contribution in [3.63, 3.8) is 0 Å². The van der Waals surface area contributed by atoms with Gasteiger partial charge in [0.15, 0.2) is 4.80 Å². The minimum Gasteiger partial charge on any atom is -0.316 e. The van der Waals surface area contributed by atoms with Gasteiger partial charge in [-0.3, -0.25) is 4.79 Å². The third-order valence-corrected chi connectivity index (χ3v) is 5.39. The second-order valence-electron chi connectivity index (χ2n) is 5.44. The van der Waals surface area contributed by atoms with Crippen LogP contribution in [-0.4, -0.2) is 10.5 Å². The van der Waals surface area contributed by atoms with Crippen molar-refractivity contribution in [1.29, 1.82) is 0 Å². The number of hydrogen-bond acceptors (Lipinski definition) is 2. The van der Waals surface area contributed by atoms with Gasteiger partial charge in [-0.05, 0) is 43.7 Å². The van der Waals surface area contributed by atoms with Crippen LogP contribution in [0.25, 0.3) is 11.3 Å². The number of aryl methyl sites for hydroxylation is 1. The van der Waals surface area contributed by atoms with Crippen molar-refractivity contribution in [3.05, 3.63) is 73.8 Å². The molecule has 25 heavy (non-hydrogen) atoms. The Bertz CT molecular complexity index is 987. The average molecular weight is 391 g/mol. The summed E-state index contributed by atoms with van der Waals surface area (Å²) in [5.74, 6) is -0.336. The Morgan fingerprint density at radius 2 is 1.80 bits per heavy atom. The maximum atomic E-state index is 12.5. The number of carbonyl (C=O) groups is 1. The zero-order chi connectivity index (χ0) is 18.0. The van der Waals surface area contributed by atoms with Gasteiger partial charge in [0.05, 0.1) is 16.3 Å². The van der Waals surface area contributed by atoms with Crippen molar-refractivity contribution in [2.75, 3.05) is 0 Å². The molecule has 0 spiro atoms. The Morgan fingerprint density at radius 1 is 1.12 bits per heavy atom. The summed E-state index contributed by atoms with van der Waals surface area (Å²) in [6.45, 7) is 4.77. The fourth-order valence-corrected chi connectivity index (χ4v) is 4.05. The quantitative estimate of drug-likeness (QED) is 0.573.